The zero-order valence-electron chi connectivity index (χ0n) is 32.6. The molecule has 0 bridgehead atoms. The van der Waals surface area contributed by atoms with Gasteiger partial charge in [-0.15, -0.1) is 0 Å². The fourth-order valence-corrected chi connectivity index (χ4v) is 6.55. The van der Waals surface area contributed by atoms with E-state index in [1.165, 1.54) is 0 Å². The Kier molecular flexibility index (Phi) is 14.2. The number of aliphatic hydroxyl groups is 1. The fourth-order valence-electron chi connectivity index (χ4n) is 6.55. The Labute approximate surface area is 364 Å². The lowest BCUT2D eigenvalue weighted by Crippen LogP contribution is -2.74. The molecule has 1 aliphatic rings. The first-order valence-electron chi connectivity index (χ1n) is 17.5. The number of hydrogen-bond acceptors (Lipinski definition) is 2. The third-order valence-electron chi connectivity index (χ3n) is 10.8. The van der Waals surface area contributed by atoms with Gasteiger partial charge in [-0.2, -0.15) is 149 Å². The summed E-state index contributed by atoms with van der Waals surface area (Å²) in [5.41, 5.74) is -11.4. The molecule has 2 nitrogen and oxygen atoms in total. The van der Waals surface area contributed by atoms with E-state index < -0.39 is 160 Å². The van der Waals surface area contributed by atoms with E-state index in [1.54, 1.807) is 0 Å². The highest BCUT2D eigenvalue weighted by Crippen LogP contribution is 2.67. The van der Waals surface area contributed by atoms with Crippen molar-refractivity contribution < 1.29 is 154 Å². The molecule has 404 valence electrons. The molecule has 0 aromatic heterocycles. The second-order valence-corrected chi connectivity index (χ2v) is 15.1. The normalized spacial score (nSPS) is 18.5. The van der Waals surface area contributed by atoms with Crippen LogP contribution in [0.5, 0.6) is 0 Å². The number of alkyl halides is 34. The lowest BCUT2D eigenvalue weighted by atomic mass is 9.78. The highest BCUT2D eigenvalue weighted by atomic mass is 19.4. The first-order valence-corrected chi connectivity index (χ1v) is 17.5. The molecular weight excluding hydrogens is 1080 g/mol. The molecule has 0 radical (unpaired) electrons. The van der Waals surface area contributed by atoms with Gasteiger partial charge < -0.3 is 5.11 Å². The van der Waals surface area contributed by atoms with Crippen LogP contribution in [-0.2, 0) is 17.4 Å². The molecule has 0 unspecified atom stereocenters. The summed E-state index contributed by atoms with van der Waals surface area (Å²) in [6.07, 6.45) is -16.7. The van der Waals surface area contributed by atoms with Gasteiger partial charge in [0.05, 0.1) is 0 Å². The maximum absolute atomic E-state index is 15.0. The molecule has 2 aromatic carbocycles. The maximum atomic E-state index is 15.0. The van der Waals surface area contributed by atoms with Gasteiger partial charge in [-0.3, -0.25) is 4.90 Å². The molecule has 70 heavy (non-hydrogen) atoms. The summed E-state index contributed by atoms with van der Waals surface area (Å²) in [5.74, 6) is -119. The Bertz CT molecular complexity index is 2040. The van der Waals surface area contributed by atoms with Crippen LogP contribution in [0.4, 0.5) is 149 Å². The number of hydrogen-bond donors (Lipinski definition) is 1. The van der Waals surface area contributed by atoms with E-state index in [4.69, 9.17) is 0 Å². The minimum absolute atomic E-state index is 0.113. The second kappa shape index (κ2) is 16.5. The molecule has 36 heteroatoms. The summed E-state index contributed by atoms with van der Waals surface area (Å²) in [6.45, 7) is -0.207. The van der Waals surface area contributed by atoms with E-state index in [9.17, 15) is 137 Å². The smallest absolute Gasteiger partial charge is 0.379 e. The Morgan fingerprint density at radius 2 is 0.529 bits per heavy atom. The lowest BCUT2D eigenvalue weighted by Gasteiger charge is -2.43. The fraction of sp³-hybridized carbons (Fsp3) is 0.647. The number of nitrogens with zero attached hydrogens (tertiary/aromatic N) is 1. The van der Waals surface area contributed by atoms with E-state index in [0.717, 1.165) is 11.9 Å². The van der Waals surface area contributed by atoms with E-state index >= 15 is 17.6 Å². The molecule has 0 amide bonds. The highest BCUT2D eigenvalue weighted by Gasteiger charge is 2.97. The SMILES string of the molecule is CN1CCC[C@H]1C(O)(c1ccc(C(F)(F)C(F)(F)C(F)(F)C(F)(F)C(F)(F)C(F)(F)C(F)(F)C(F)(F)F)cc1)c1ccc(C(F)(F)C(F)(F)C(F)(F)C(F)(F)C(F)(F)C(F)(F)C(F)(F)C(F)(F)F)cc1. The van der Waals surface area contributed by atoms with E-state index in [0.29, 0.717) is 0 Å². The molecule has 0 aliphatic carbocycles. The van der Waals surface area contributed by atoms with Crippen LogP contribution in [0.25, 0.3) is 0 Å². The number of likely N-dealkylation sites (N-methyl/N-ethyl adjacent to an activating group) is 1. The molecule has 2 aromatic rings. The average Bonchev–Trinajstić information content (AvgIpc) is 3.64. The number of rotatable bonds is 17. The van der Waals surface area contributed by atoms with Gasteiger partial charge in [-0.05, 0) is 37.6 Å². The van der Waals surface area contributed by atoms with Crippen molar-refractivity contribution in [2.24, 2.45) is 0 Å². The summed E-state index contributed by atoms with van der Waals surface area (Å²) in [6, 6.07) is -5.05. The van der Waals surface area contributed by atoms with Gasteiger partial charge in [0.15, 0.2) is 0 Å². The molecule has 0 spiro atoms. The zero-order chi connectivity index (χ0) is 55.7. The first kappa shape index (κ1) is 60.3. The number of benzene rings is 2. The van der Waals surface area contributed by atoms with E-state index in [2.05, 4.69) is 0 Å². The Hall–Kier alpha value is -4.02. The van der Waals surface area contributed by atoms with Crippen molar-refractivity contribution in [1.82, 2.24) is 4.90 Å². The van der Waals surface area contributed by atoms with Crippen LogP contribution >= 0.6 is 0 Å². The second-order valence-electron chi connectivity index (χ2n) is 15.1. The van der Waals surface area contributed by atoms with Crippen LogP contribution in [0.1, 0.15) is 35.1 Å². The van der Waals surface area contributed by atoms with Crippen molar-refractivity contribution in [3.05, 3.63) is 70.8 Å². The summed E-state index contributed by atoms with van der Waals surface area (Å²) in [7, 11) is 1.01. The van der Waals surface area contributed by atoms with Crippen molar-refractivity contribution >= 4 is 0 Å². The van der Waals surface area contributed by atoms with Gasteiger partial charge in [0.25, 0.3) is 0 Å². The Morgan fingerprint density at radius 3 is 0.729 bits per heavy atom. The van der Waals surface area contributed by atoms with Crippen LogP contribution in [0.15, 0.2) is 48.5 Å². The van der Waals surface area contributed by atoms with Crippen molar-refractivity contribution in [1.29, 1.82) is 0 Å². The lowest BCUT2D eigenvalue weighted by molar-refractivity contribution is -0.462. The largest absolute Gasteiger partial charge is 0.460 e. The predicted octanol–water partition coefficient (Wildman–Crippen LogP) is 13.9. The monoisotopic (exact) mass is 1100 g/mol. The molecule has 3 rings (SSSR count). The Balaban J connectivity index is 2.17. The van der Waals surface area contributed by atoms with Gasteiger partial charge in [-0.25, -0.2) is 0 Å². The molecule has 1 fully saturated rings. The van der Waals surface area contributed by atoms with Crippen LogP contribution in [0.2, 0.25) is 0 Å². The molecule has 0 saturated carbocycles. The summed E-state index contributed by atoms with van der Waals surface area (Å²) in [4.78, 5) is 0.981. The summed E-state index contributed by atoms with van der Waals surface area (Å²) >= 11 is 0. The topological polar surface area (TPSA) is 23.5 Å². The van der Waals surface area contributed by atoms with Crippen molar-refractivity contribution in [3.63, 3.8) is 0 Å². The van der Waals surface area contributed by atoms with E-state index in [1.807, 2.05) is 0 Å². The van der Waals surface area contributed by atoms with E-state index in [-0.39, 0.29) is 37.2 Å². The third kappa shape index (κ3) is 7.66. The van der Waals surface area contributed by atoms with Crippen LogP contribution in [0, 0.1) is 0 Å². The van der Waals surface area contributed by atoms with Crippen molar-refractivity contribution in [2.75, 3.05) is 13.6 Å². The van der Waals surface area contributed by atoms with Crippen molar-refractivity contribution in [2.45, 2.75) is 120 Å². The molecule has 1 saturated heterocycles. The number of likely N-dealkylation sites (tertiary alicyclic amines) is 1. The standard InChI is InChI=1S/C34H19F34NO/c1-69-12-2-3-17(69)18(70,13-4-8-15(9-5-13)19(35,36)21(39,40)23(43,44)25(47,48)27(51,52)29(55,56)31(59,60)33(63,64)65)14-6-10-16(11-7-14)20(37,38)22(41,42)24(45,46)26(49,50)28(53,54)30(57,58)32(61,62)34(66,67)68/h4-11,17,70H,2-3,12H2,1H3/t17-/m0/s1. The summed E-state index contributed by atoms with van der Waals surface area (Å²) < 4.78 is 470. The molecule has 1 aliphatic heterocycles. The summed E-state index contributed by atoms with van der Waals surface area (Å²) in [5, 5.41) is 11.8. The van der Waals surface area contributed by atoms with Crippen LogP contribution in [0.3, 0.4) is 0 Å². The van der Waals surface area contributed by atoms with Gasteiger partial charge in [0, 0.05) is 17.2 Å². The average molecular weight is 1100 g/mol. The quantitative estimate of drug-likeness (QED) is 0.160. The first-order chi connectivity index (χ1) is 30.4. The molecular formula is C34H19F34NO. The van der Waals surface area contributed by atoms with Crippen LogP contribution in [-0.4, -0.2) is 113 Å². The van der Waals surface area contributed by atoms with Crippen molar-refractivity contribution in [3.8, 4) is 0 Å². The van der Waals surface area contributed by atoms with Gasteiger partial charge in [-0.1, -0.05) is 48.5 Å². The zero-order valence-corrected chi connectivity index (χ0v) is 32.6. The molecule has 1 N–H and O–H groups in total. The maximum Gasteiger partial charge on any atom is 0.460 e. The highest BCUT2D eigenvalue weighted by molar-refractivity contribution is 5.43. The van der Waals surface area contributed by atoms with Crippen LogP contribution < -0.4 is 0 Å². The van der Waals surface area contributed by atoms with Gasteiger partial charge in [0.1, 0.15) is 5.60 Å². The number of halogens is 34. The minimum atomic E-state index is -9.00. The third-order valence-corrected chi connectivity index (χ3v) is 10.8. The molecule has 1 heterocycles. The predicted molar refractivity (Wildman–Crippen MR) is 161 cm³/mol. The minimum Gasteiger partial charge on any atom is -0.379 e. The van der Waals surface area contributed by atoms with Gasteiger partial charge in [0.2, 0.25) is 0 Å². The Morgan fingerprint density at radius 1 is 0.329 bits per heavy atom. The molecule has 1 atom stereocenters. The van der Waals surface area contributed by atoms with Gasteiger partial charge >= 0.3 is 95.3 Å².